The molecule has 1 saturated carbocycles. The van der Waals surface area contributed by atoms with E-state index in [4.69, 9.17) is 9.15 Å². The first-order valence-corrected chi connectivity index (χ1v) is 11.6. The number of Topliss-reactive ketones (excluding diaryl/α,β-unsaturated/α-hetero) is 1. The third-order valence-electron chi connectivity index (χ3n) is 6.52. The van der Waals surface area contributed by atoms with Gasteiger partial charge in [-0.1, -0.05) is 50.1 Å². The van der Waals surface area contributed by atoms with Crippen molar-refractivity contribution < 1.29 is 23.8 Å². The number of rotatable bonds is 7. The van der Waals surface area contributed by atoms with E-state index in [0.29, 0.717) is 12.2 Å². The summed E-state index contributed by atoms with van der Waals surface area (Å²) >= 11 is 0. The standard InChI is InChI=1S/C27H27NO5/c1-2-15-32-20-13-11-17(12-14-20)24-23(26(30)27(31)28(24)19-8-4-5-9-19)25(29)22-16-18-7-3-6-10-21(18)33-22/h3,6-7,10-14,16,19,24,30H,2,4-5,8-9,15H2,1H3. The summed E-state index contributed by atoms with van der Waals surface area (Å²) in [7, 11) is 0. The first-order valence-electron chi connectivity index (χ1n) is 11.6. The van der Waals surface area contributed by atoms with Crippen molar-refractivity contribution in [2.45, 2.75) is 51.1 Å². The van der Waals surface area contributed by atoms with Crippen LogP contribution in [0.1, 0.15) is 61.2 Å². The zero-order valence-corrected chi connectivity index (χ0v) is 18.6. The number of para-hydroxylation sites is 1. The normalized spacial score (nSPS) is 19.1. The molecular formula is C27H27NO5. The van der Waals surface area contributed by atoms with Crippen LogP contribution in [0.4, 0.5) is 0 Å². The summed E-state index contributed by atoms with van der Waals surface area (Å²) in [5.41, 5.74) is 1.43. The molecule has 33 heavy (non-hydrogen) atoms. The van der Waals surface area contributed by atoms with Crippen LogP contribution >= 0.6 is 0 Å². The number of fused-ring (bicyclic) bond motifs is 1. The van der Waals surface area contributed by atoms with Crippen molar-refractivity contribution in [2.24, 2.45) is 0 Å². The number of ether oxygens (including phenoxy) is 1. The number of carbonyl (C=O) groups excluding carboxylic acids is 2. The van der Waals surface area contributed by atoms with Crippen LogP contribution in [0.5, 0.6) is 5.75 Å². The molecule has 1 aromatic heterocycles. The van der Waals surface area contributed by atoms with Crippen LogP contribution in [0, 0.1) is 0 Å². The van der Waals surface area contributed by atoms with E-state index < -0.39 is 23.5 Å². The zero-order chi connectivity index (χ0) is 22.9. The number of carbonyl (C=O) groups is 2. The summed E-state index contributed by atoms with van der Waals surface area (Å²) in [4.78, 5) is 28.5. The van der Waals surface area contributed by atoms with Gasteiger partial charge in [-0.05, 0) is 49.1 Å². The second-order valence-corrected chi connectivity index (χ2v) is 8.71. The quantitative estimate of drug-likeness (QED) is 0.469. The highest BCUT2D eigenvalue weighted by atomic mass is 16.5. The number of nitrogens with zero attached hydrogens (tertiary/aromatic N) is 1. The predicted octanol–water partition coefficient (Wildman–Crippen LogP) is 5.74. The lowest BCUT2D eigenvalue weighted by Gasteiger charge is -2.32. The van der Waals surface area contributed by atoms with Gasteiger partial charge in [0.2, 0.25) is 5.78 Å². The van der Waals surface area contributed by atoms with Crippen LogP contribution in [0.3, 0.4) is 0 Å². The molecule has 5 rings (SSSR count). The third-order valence-corrected chi connectivity index (χ3v) is 6.52. The summed E-state index contributed by atoms with van der Waals surface area (Å²) in [5, 5.41) is 11.7. The van der Waals surface area contributed by atoms with Gasteiger partial charge in [0.1, 0.15) is 11.3 Å². The van der Waals surface area contributed by atoms with Crippen molar-refractivity contribution in [3.63, 3.8) is 0 Å². The van der Waals surface area contributed by atoms with E-state index in [1.54, 1.807) is 17.0 Å². The van der Waals surface area contributed by atoms with Crippen LogP contribution < -0.4 is 4.74 Å². The maximum atomic E-state index is 13.6. The second kappa shape index (κ2) is 8.77. The van der Waals surface area contributed by atoms with Gasteiger partial charge in [0.05, 0.1) is 18.2 Å². The van der Waals surface area contributed by atoms with Crippen molar-refractivity contribution in [1.82, 2.24) is 4.90 Å². The topological polar surface area (TPSA) is 80.0 Å². The molecule has 170 valence electrons. The fourth-order valence-corrected chi connectivity index (χ4v) is 4.93. The highest BCUT2D eigenvalue weighted by molar-refractivity contribution is 6.16. The summed E-state index contributed by atoms with van der Waals surface area (Å²) < 4.78 is 11.5. The molecule has 2 aliphatic rings. The smallest absolute Gasteiger partial charge is 0.290 e. The van der Waals surface area contributed by atoms with Crippen LogP contribution in [-0.4, -0.2) is 34.3 Å². The number of ketones is 1. The number of hydrogen-bond donors (Lipinski definition) is 1. The number of aliphatic hydroxyl groups excluding tert-OH is 1. The van der Waals surface area contributed by atoms with Gasteiger partial charge in [0, 0.05) is 11.4 Å². The van der Waals surface area contributed by atoms with Crippen molar-refractivity contribution in [3.05, 3.63) is 77.3 Å². The maximum Gasteiger partial charge on any atom is 0.290 e. The minimum Gasteiger partial charge on any atom is -0.503 e. The number of aliphatic hydroxyl groups is 1. The minimum absolute atomic E-state index is 0.0124. The van der Waals surface area contributed by atoms with E-state index in [1.165, 1.54) is 0 Å². The number of furan rings is 1. The van der Waals surface area contributed by atoms with E-state index in [-0.39, 0.29) is 17.4 Å². The molecule has 0 bridgehead atoms. The van der Waals surface area contributed by atoms with Gasteiger partial charge >= 0.3 is 0 Å². The largest absolute Gasteiger partial charge is 0.503 e. The molecule has 1 fully saturated rings. The third kappa shape index (κ3) is 3.80. The van der Waals surface area contributed by atoms with Gasteiger partial charge in [0.15, 0.2) is 11.5 Å². The molecule has 0 radical (unpaired) electrons. The average Bonchev–Trinajstić information content (AvgIpc) is 3.56. The highest BCUT2D eigenvalue weighted by Gasteiger charge is 2.47. The van der Waals surface area contributed by atoms with E-state index in [9.17, 15) is 14.7 Å². The summed E-state index contributed by atoms with van der Waals surface area (Å²) in [6.45, 7) is 2.66. The van der Waals surface area contributed by atoms with E-state index >= 15 is 0 Å². The Morgan fingerprint density at radius 1 is 1.12 bits per heavy atom. The predicted molar refractivity (Wildman–Crippen MR) is 124 cm³/mol. The van der Waals surface area contributed by atoms with Crippen molar-refractivity contribution in [1.29, 1.82) is 0 Å². The number of hydrogen-bond acceptors (Lipinski definition) is 5. The molecule has 1 aliphatic carbocycles. The summed E-state index contributed by atoms with van der Waals surface area (Å²) in [6, 6.07) is 15.8. The van der Waals surface area contributed by atoms with Crippen LogP contribution in [0.15, 0.2) is 70.3 Å². The Labute approximate surface area is 192 Å². The first-order chi connectivity index (χ1) is 16.1. The lowest BCUT2D eigenvalue weighted by molar-refractivity contribution is -0.131. The molecule has 0 spiro atoms. The fraction of sp³-hybridized carbons (Fsp3) is 0.333. The molecule has 6 heteroatoms. The van der Waals surface area contributed by atoms with Gasteiger partial charge < -0.3 is 19.2 Å². The Bertz CT molecular complexity index is 1180. The molecular weight excluding hydrogens is 418 g/mol. The van der Waals surface area contributed by atoms with Gasteiger partial charge in [-0.2, -0.15) is 0 Å². The highest BCUT2D eigenvalue weighted by Crippen LogP contribution is 2.43. The van der Waals surface area contributed by atoms with E-state index in [1.807, 2.05) is 49.4 Å². The van der Waals surface area contributed by atoms with Crippen LogP contribution in [-0.2, 0) is 4.79 Å². The van der Waals surface area contributed by atoms with Crippen molar-refractivity contribution in [2.75, 3.05) is 6.61 Å². The Balaban J connectivity index is 1.56. The summed E-state index contributed by atoms with van der Waals surface area (Å²) in [5.74, 6) is -0.586. The molecule has 1 aliphatic heterocycles. The maximum absolute atomic E-state index is 13.6. The lowest BCUT2D eigenvalue weighted by Crippen LogP contribution is -2.38. The van der Waals surface area contributed by atoms with Gasteiger partial charge in [-0.25, -0.2) is 0 Å². The second-order valence-electron chi connectivity index (χ2n) is 8.71. The van der Waals surface area contributed by atoms with E-state index in [2.05, 4.69) is 0 Å². The molecule has 6 nitrogen and oxygen atoms in total. The van der Waals surface area contributed by atoms with Crippen molar-refractivity contribution in [3.8, 4) is 5.75 Å². The zero-order valence-electron chi connectivity index (χ0n) is 18.6. The Hall–Kier alpha value is -3.54. The first kappa shape index (κ1) is 21.3. The molecule has 1 unspecified atom stereocenters. The average molecular weight is 446 g/mol. The monoisotopic (exact) mass is 445 g/mol. The summed E-state index contributed by atoms with van der Waals surface area (Å²) in [6.07, 6.45) is 4.68. The molecule has 2 aromatic carbocycles. The molecule has 1 amide bonds. The van der Waals surface area contributed by atoms with Crippen LogP contribution in [0.25, 0.3) is 11.0 Å². The Kier molecular flexibility index (Phi) is 5.67. The molecule has 2 heterocycles. The molecule has 1 N–H and O–H groups in total. The van der Waals surface area contributed by atoms with E-state index in [0.717, 1.165) is 48.8 Å². The SMILES string of the molecule is CCCOc1ccc(C2C(C(=O)c3cc4ccccc4o3)=C(O)C(=O)N2C2CCCC2)cc1. The Morgan fingerprint density at radius 2 is 1.85 bits per heavy atom. The number of benzene rings is 2. The fourth-order valence-electron chi connectivity index (χ4n) is 4.93. The lowest BCUT2D eigenvalue weighted by atomic mass is 9.94. The molecule has 1 atom stereocenters. The van der Waals surface area contributed by atoms with Gasteiger partial charge in [-0.15, -0.1) is 0 Å². The number of amides is 1. The van der Waals surface area contributed by atoms with Gasteiger partial charge in [0.25, 0.3) is 5.91 Å². The Morgan fingerprint density at radius 3 is 2.55 bits per heavy atom. The molecule has 3 aromatic rings. The van der Waals surface area contributed by atoms with Gasteiger partial charge in [-0.3, -0.25) is 9.59 Å². The van der Waals surface area contributed by atoms with Crippen LogP contribution in [0.2, 0.25) is 0 Å². The molecule has 0 saturated heterocycles. The van der Waals surface area contributed by atoms with Crippen molar-refractivity contribution >= 4 is 22.7 Å². The minimum atomic E-state index is -0.665.